The molecule has 7 nitrogen and oxygen atoms in total. The number of thiazole rings is 1. The van der Waals surface area contributed by atoms with Crippen LogP contribution < -0.4 is 4.90 Å². The minimum absolute atomic E-state index is 0.109. The van der Waals surface area contributed by atoms with Crippen molar-refractivity contribution in [2.45, 2.75) is 45.6 Å². The lowest BCUT2D eigenvalue weighted by atomic mass is 9.99. The summed E-state index contributed by atoms with van der Waals surface area (Å²) in [5.41, 5.74) is 3.94. The van der Waals surface area contributed by atoms with Gasteiger partial charge in [-0.25, -0.2) is 4.98 Å². The molecule has 0 amide bonds. The fourth-order valence-electron chi connectivity index (χ4n) is 4.11. The van der Waals surface area contributed by atoms with Gasteiger partial charge in [0.15, 0.2) is 16.6 Å². The molecule has 1 aromatic carbocycles. The number of anilines is 1. The Labute approximate surface area is 184 Å². The summed E-state index contributed by atoms with van der Waals surface area (Å²) in [7, 11) is 0. The Hall–Kier alpha value is -3.13. The van der Waals surface area contributed by atoms with E-state index >= 15 is 0 Å². The summed E-state index contributed by atoms with van der Waals surface area (Å²) in [5, 5.41) is 8.80. The molecule has 4 aromatic rings. The molecule has 31 heavy (non-hydrogen) atoms. The minimum Gasteiger partial charge on any atom is -0.421 e. The average molecular weight is 434 g/mol. The van der Waals surface area contributed by atoms with Crippen molar-refractivity contribution < 1.29 is 9.21 Å². The smallest absolute Gasteiger partial charge is 0.249 e. The van der Waals surface area contributed by atoms with E-state index in [0.29, 0.717) is 23.8 Å². The molecule has 5 rings (SSSR count). The van der Waals surface area contributed by atoms with Crippen LogP contribution in [0.25, 0.3) is 21.8 Å². The van der Waals surface area contributed by atoms with E-state index in [1.165, 1.54) is 11.1 Å². The molecule has 0 saturated carbocycles. The number of aryl methyl sites for hydroxylation is 3. The summed E-state index contributed by atoms with van der Waals surface area (Å²) in [6, 6.07) is 10.1. The number of hydrogen-bond acceptors (Lipinski definition) is 8. The van der Waals surface area contributed by atoms with Crippen LogP contribution in [0.2, 0.25) is 0 Å². The summed E-state index contributed by atoms with van der Waals surface area (Å²) < 4.78 is 6.46. The van der Waals surface area contributed by atoms with Crippen LogP contribution in [0.15, 0.2) is 40.9 Å². The summed E-state index contributed by atoms with van der Waals surface area (Å²) in [6.07, 6.45) is 4.91. The van der Waals surface area contributed by atoms with Crippen LogP contribution in [0, 0.1) is 13.8 Å². The number of carbonyl (C=O) groups is 1. The molecule has 1 atom stereocenters. The molecular formula is C23H23N5O2S. The second-order valence-corrected chi connectivity index (χ2v) is 8.92. The first kappa shape index (κ1) is 19.8. The Morgan fingerprint density at radius 1 is 1.26 bits per heavy atom. The molecule has 158 valence electrons. The van der Waals surface area contributed by atoms with Gasteiger partial charge in [0.2, 0.25) is 11.8 Å². The highest BCUT2D eigenvalue weighted by Gasteiger charge is 2.32. The van der Waals surface area contributed by atoms with Crippen LogP contribution in [0.3, 0.4) is 0 Å². The number of benzene rings is 1. The maximum atomic E-state index is 13.1. The van der Waals surface area contributed by atoms with E-state index in [1.54, 1.807) is 24.5 Å². The van der Waals surface area contributed by atoms with Gasteiger partial charge < -0.3 is 9.32 Å². The minimum atomic E-state index is -0.109. The number of fused-ring (bicyclic) bond motifs is 1. The number of pyridine rings is 1. The molecule has 0 unspecified atom stereocenters. The van der Waals surface area contributed by atoms with E-state index in [0.717, 1.165) is 41.2 Å². The van der Waals surface area contributed by atoms with Crippen molar-refractivity contribution in [1.82, 2.24) is 20.2 Å². The molecule has 1 aliphatic heterocycles. The molecule has 3 aromatic heterocycles. The van der Waals surface area contributed by atoms with Crippen LogP contribution >= 0.6 is 11.3 Å². The normalized spacial score (nSPS) is 16.3. The highest BCUT2D eigenvalue weighted by molar-refractivity contribution is 7.22. The van der Waals surface area contributed by atoms with Crippen molar-refractivity contribution in [1.29, 1.82) is 0 Å². The predicted molar refractivity (Wildman–Crippen MR) is 120 cm³/mol. The lowest BCUT2D eigenvalue weighted by Crippen LogP contribution is -2.36. The van der Waals surface area contributed by atoms with Gasteiger partial charge >= 0.3 is 0 Å². The number of Topliss-reactive ketones (excluding diaryl/α,β-unsaturated/α-hetero) is 1. The largest absolute Gasteiger partial charge is 0.421 e. The van der Waals surface area contributed by atoms with Crippen molar-refractivity contribution in [2.24, 2.45) is 0 Å². The SMILES string of the molecule is Cc1nnc(-c2cnc3nc(N4CCC[C@@H]4C(=O)CCc4ccccc4C)sc3c2)o1. The van der Waals surface area contributed by atoms with E-state index < -0.39 is 0 Å². The quantitative estimate of drug-likeness (QED) is 0.442. The van der Waals surface area contributed by atoms with Crippen LogP contribution in [-0.2, 0) is 11.2 Å². The second kappa shape index (κ2) is 8.19. The fraction of sp³-hybridized carbons (Fsp3) is 0.348. The number of carbonyl (C=O) groups excluding carboxylic acids is 1. The van der Waals surface area contributed by atoms with Crippen molar-refractivity contribution in [3.05, 3.63) is 53.5 Å². The van der Waals surface area contributed by atoms with Gasteiger partial charge in [-0.2, -0.15) is 4.98 Å². The molecular weight excluding hydrogens is 410 g/mol. The lowest BCUT2D eigenvalue weighted by Gasteiger charge is -2.22. The Balaban J connectivity index is 1.34. The molecule has 1 aliphatic rings. The average Bonchev–Trinajstić information content (AvgIpc) is 3.51. The summed E-state index contributed by atoms with van der Waals surface area (Å²) in [4.78, 5) is 24.4. The highest BCUT2D eigenvalue weighted by atomic mass is 32.1. The first-order chi connectivity index (χ1) is 15.1. The Morgan fingerprint density at radius 2 is 2.13 bits per heavy atom. The van der Waals surface area contributed by atoms with Gasteiger partial charge in [0.1, 0.15) is 0 Å². The van der Waals surface area contributed by atoms with Gasteiger partial charge in [-0.1, -0.05) is 35.6 Å². The van der Waals surface area contributed by atoms with Gasteiger partial charge in [0.25, 0.3) is 0 Å². The summed E-state index contributed by atoms with van der Waals surface area (Å²) in [5.74, 6) is 1.26. The van der Waals surface area contributed by atoms with Crippen LogP contribution in [-0.4, -0.2) is 38.5 Å². The number of nitrogens with zero attached hydrogens (tertiary/aromatic N) is 5. The second-order valence-electron chi connectivity index (χ2n) is 7.91. The molecule has 0 bridgehead atoms. The third-order valence-electron chi connectivity index (χ3n) is 5.78. The van der Waals surface area contributed by atoms with E-state index in [1.807, 2.05) is 18.2 Å². The maximum Gasteiger partial charge on any atom is 0.249 e. The summed E-state index contributed by atoms with van der Waals surface area (Å²) >= 11 is 1.56. The topological polar surface area (TPSA) is 85.0 Å². The van der Waals surface area contributed by atoms with Crippen molar-refractivity contribution >= 4 is 32.6 Å². The van der Waals surface area contributed by atoms with Crippen LogP contribution in [0.5, 0.6) is 0 Å². The molecule has 0 aliphatic carbocycles. The van der Waals surface area contributed by atoms with E-state index in [-0.39, 0.29) is 11.8 Å². The zero-order valence-corrected chi connectivity index (χ0v) is 18.4. The standard InChI is InChI=1S/C23H23N5O2S/c1-14-6-3-4-7-16(14)9-10-19(29)18-8-5-11-28(18)23-25-21-20(31-23)12-17(13-24-21)22-27-26-15(2)30-22/h3-4,6-7,12-13,18H,5,8-11H2,1-2H3/t18-/m1/s1. The molecule has 0 N–H and O–H groups in total. The number of rotatable bonds is 6. The number of hydrogen-bond donors (Lipinski definition) is 0. The lowest BCUT2D eigenvalue weighted by molar-refractivity contribution is -0.120. The molecule has 0 radical (unpaired) electrons. The maximum absolute atomic E-state index is 13.1. The Morgan fingerprint density at radius 3 is 2.94 bits per heavy atom. The molecule has 1 saturated heterocycles. The molecule has 4 heterocycles. The zero-order chi connectivity index (χ0) is 21.4. The van der Waals surface area contributed by atoms with Crippen molar-refractivity contribution in [2.75, 3.05) is 11.4 Å². The van der Waals surface area contributed by atoms with Crippen LogP contribution in [0.4, 0.5) is 5.13 Å². The van der Waals surface area contributed by atoms with Crippen molar-refractivity contribution in [3.63, 3.8) is 0 Å². The predicted octanol–water partition coefficient (Wildman–Crippen LogP) is 4.53. The highest BCUT2D eigenvalue weighted by Crippen LogP contribution is 2.35. The fourth-order valence-corrected chi connectivity index (χ4v) is 5.15. The van der Waals surface area contributed by atoms with Crippen LogP contribution in [0.1, 0.15) is 36.3 Å². The van der Waals surface area contributed by atoms with E-state index in [2.05, 4.69) is 39.1 Å². The molecule has 1 fully saturated rings. The molecule has 8 heteroatoms. The van der Waals surface area contributed by atoms with Gasteiger partial charge in [-0.05, 0) is 43.4 Å². The number of aromatic nitrogens is 4. The zero-order valence-electron chi connectivity index (χ0n) is 17.5. The van der Waals surface area contributed by atoms with Gasteiger partial charge in [-0.15, -0.1) is 10.2 Å². The first-order valence-corrected chi connectivity index (χ1v) is 11.3. The third-order valence-corrected chi connectivity index (χ3v) is 6.81. The summed E-state index contributed by atoms with van der Waals surface area (Å²) in [6.45, 7) is 4.70. The van der Waals surface area contributed by atoms with E-state index in [4.69, 9.17) is 9.40 Å². The van der Waals surface area contributed by atoms with Gasteiger partial charge in [0, 0.05) is 26.1 Å². The Bertz CT molecular complexity index is 1250. The van der Waals surface area contributed by atoms with Crippen molar-refractivity contribution in [3.8, 4) is 11.5 Å². The third kappa shape index (κ3) is 3.95. The van der Waals surface area contributed by atoms with Gasteiger partial charge in [-0.3, -0.25) is 4.79 Å². The number of ketones is 1. The monoisotopic (exact) mass is 433 g/mol. The molecule has 0 spiro atoms. The van der Waals surface area contributed by atoms with E-state index in [9.17, 15) is 4.79 Å². The Kier molecular flexibility index (Phi) is 5.23. The first-order valence-electron chi connectivity index (χ1n) is 10.5. The van der Waals surface area contributed by atoms with Gasteiger partial charge in [0.05, 0.1) is 16.3 Å².